The predicted molar refractivity (Wildman–Crippen MR) is 107 cm³/mol. The minimum absolute atomic E-state index is 0.0286. The number of likely N-dealkylation sites (tertiary alicyclic amines) is 1. The Labute approximate surface area is 164 Å². The van der Waals surface area contributed by atoms with E-state index in [1.807, 2.05) is 48.5 Å². The highest BCUT2D eigenvalue weighted by atomic mass is 16.3. The number of carbonyl (C=O) groups is 1. The first-order valence-corrected chi connectivity index (χ1v) is 9.62. The molecule has 0 spiro atoms. The Balaban J connectivity index is 1.44. The summed E-state index contributed by atoms with van der Waals surface area (Å²) in [6, 6.07) is 17.6. The number of amides is 1. The van der Waals surface area contributed by atoms with Gasteiger partial charge in [0.15, 0.2) is 11.4 Å². The number of aromatic hydroxyl groups is 1. The second kappa shape index (κ2) is 8.27. The zero-order chi connectivity index (χ0) is 19.3. The van der Waals surface area contributed by atoms with Crippen molar-refractivity contribution in [1.29, 1.82) is 0 Å². The van der Waals surface area contributed by atoms with Crippen LogP contribution in [0.1, 0.15) is 34.5 Å². The molecule has 0 bridgehead atoms. The molecule has 1 amide bonds. The van der Waals surface area contributed by atoms with Gasteiger partial charge in [0.25, 0.3) is 5.91 Å². The molecule has 1 aliphatic rings. The van der Waals surface area contributed by atoms with Gasteiger partial charge in [-0.3, -0.25) is 9.69 Å². The van der Waals surface area contributed by atoms with Gasteiger partial charge in [-0.25, -0.2) is 4.68 Å². The minimum Gasteiger partial charge on any atom is -0.504 e. The van der Waals surface area contributed by atoms with Crippen LogP contribution < -0.4 is 5.32 Å². The summed E-state index contributed by atoms with van der Waals surface area (Å²) >= 11 is 0. The fourth-order valence-corrected chi connectivity index (χ4v) is 3.56. The molecule has 2 aromatic carbocycles. The van der Waals surface area contributed by atoms with Crippen molar-refractivity contribution in [3.05, 3.63) is 77.6 Å². The predicted octanol–water partition coefficient (Wildman–Crippen LogP) is 3.10. The van der Waals surface area contributed by atoms with Crippen LogP contribution in [0.5, 0.6) is 5.75 Å². The molecular weight excluding hydrogens is 352 g/mol. The van der Waals surface area contributed by atoms with Crippen molar-refractivity contribution in [3.63, 3.8) is 0 Å². The summed E-state index contributed by atoms with van der Waals surface area (Å²) in [5, 5.41) is 17.3. The number of rotatable bonds is 6. The summed E-state index contributed by atoms with van der Waals surface area (Å²) in [5.74, 6) is -0.519. The van der Waals surface area contributed by atoms with Gasteiger partial charge in [0.2, 0.25) is 0 Å². The number of benzene rings is 2. The van der Waals surface area contributed by atoms with Crippen molar-refractivity contribution < 1.29 is 9.90 Å². The normalized spacial score (nSPS) is 14.3. The Morgan fingerprint density at radius 3 is 2.43 bits per heavy atom. The minimum atomic E-state index is -0.386. The van der Waals surface area contributed by atoms with Gasteiger partial charge in [0.1, 0.15) is 0 Å². The largest absolute Gasteiger partial charge is 0.504 e. The van der Waals surface area contributed by atoms with Gasteiger partial charge >= 0.3 is 0 Å². The highest BCUT2D eigenvalue weighted by molar-refractivity contribution is 5.94. The highest BCUT2D eigenvalue weighted by Gasteiger charge is 2.18. The summed E-state index contributed by atoms with van der Waals surface area (Å²) in [4.78, 5) is 15.0. The highest BCUT2D eigenvalue weighted by Crippen LogP contribution is 2.19. The molecule has 6 heteroatoms. The van der Waals surface area contributed by atoms with Gasteiger partial charge in [-0.15, -0.1) is 0 Å². The third-order valence-electron chi connectivity index (χ3n) is 5.08. The maximum Gasteiger partial charge on any atom is 0.275 e. The Hall–Kier alpha value is -3.12. The van der Waals surface area contributed by atoms with Crippen LogP contribution >= 0.6 is 0 Å². The van der Waals surface area contributed by atoms with Crippen LogP contribution in [-0.2, 0) is 13.1 Å². The quantitative estimate of drug-likeness (QED) is 0.694. The van der Waals surface area contributed by atoms with E-state index in [4.69, 9.17) is 0 Å². The zero-order valence-corrected chi connectivity index (χ0v) is 15.7. The maximum atomic E-state index is 12.6. The summed E-state index contributed by atoms with van der Waals surface area (Å²) in [6.07, 6.45) is 3.95. The molecule has 6 nitrogen and oxygen atoms in total. The molecule has 0 radical (unpaired) electrons. The number of aromatic nitrogens is 2. The molecule has 1 saturated heterocycles. The van der Waals surface area contributed by atoms with Crippen molar-refractivity contribution in [3.8, 4) is 11.4 Å². The van der Waals surface area contributed by atoms with Crippen LogP contribution in [0.25, 0.3) is 5.69 Å². The number of nitrogens with zero attached hydrogens (tertiary/aromatic N) is 3. The van der Waals surface area contributed by atoms with E-state index < -0.39 is 0 Å². The third-order valence-corrected chi connectivity index (χ3v) is 5.08. The lowest BCUT2D eigenvalue weighted by atomic mass is 10.1. The number of hydrogen-bond donors (Lipinski definition) is 2. The van der Waals surface area contributed by atoms with Gasteiger partial charge in [-0.1, -0.05) is 42.5 Å². The molecule has 1 fully saturated rings. The van der Waals surface area contributed by atoms with Crippen molar-refractivity contribution in [1.82, 2.24) is 20.0 Å². The Kier molecular flexibility index (Phi) is 5.39. The van der Waals surface area contributed by atoms with Crippen LogP contribution in [0, 0.1) is 0 Å². The molecule has 1 aliphatic heterocycles. The summed E-state index contributed by atoms with van der Waals surface area (Å²) in [7, 11) is 0. The smallest absolute Gasteiger partial charge is 0.275 e. The maximum absolute atomic E-state index is 12.6. The second-order valence-corrected chi connectivity index (χ2v) is 7.08. The zero-order valence-electron chi connectivity index (χ0n) is 15.7. The van der Waals surface area contributed by atoms with E-state index in [0.29, 0.717) is 6.54 Å². The molecular formula is C22H24N4O2. The van der Waals surface area contributed by atoms with E-state index in [2.05, 4.69) is 21.4 Å². The van der Waals surface area contributed by atoms with Gasteiger partial charge in [0, 0.05) is 13.1 Å². The lowest BCUT2D eigenvalue weighted by Gasteiger charge is -2.17. The van der Waals surface area contributed by atoms with Crippen molar-refractivity contribution in [2.75, 3.05) is 13.1 Å². The van der Waals surface area contributed by atoms with Gasteiger partial charge in [-0.2, -0.15) is 5.10 Å². The first-order valence-electron chi connectivity index (χ1n) is 9.62. The van der Waals surface area contributed by atoms with Crippen molar-refractivity contribution >= 4 is 5.91 Å². The Bertz CT molecular complexity index is 946. The van der Waals surface area contributed by atoms with E-state index >= 15 is 0 Å². The number of carbonyl (C=O) groups excluding carboxylic acids is 1. The first kappa shape index (κ1) is 18.3. The number of para-hydroxylation sites is 1. The molecule has 2 N–H and O–H groups in total. The molecule has 0 aliphatic carbocycles. The van der Waals surface area contributed by atoms with Crippen LogP contribution in [-0.4, -0.2) is 38.8 Å². The Morgan fingerprint density at radius 2 is 1.68 bits per heavy atom. The monoisotopic (exact) mass is 376 g/mol. The van der Waals surface area contributed by atoms with E-state index in [1.165, 1.54) is 29.3 Å². The molecule has 0 saturated carbocycles. The van der Waals surface area contributed by atoms with E-state index in [-0.39, 0.29) is 17.4 Å². The van der Waals surface area contributed by atoms with Gasteiger partial charge in [-0.05, 0) is 49.2 Å². The molecule has 0 atom stereocenters. The molecule has 1 aromatic heterocycles. The molecule has 4 rings (SSSR count). The SMILES string of the molecule is O=C(NCc1ccccc1CN1CCCC1)c1nn(-c2ccccc2)cc1O. The second-order valence-electron chi connectivity index (χ2n) is 7.08. The molecule has 3 aromatic rings. The summed E-state index contributed by atoms with van der Waals surface area (Å²) in [5.41, 5.74) is 3.13. The summed E-state index contributed by atoms with van der Waals surface area (Å²) in [6.45, 7) is 3.57. The van der Waals surface area contributed by atoms with Crippen molar-refractivity contribution in [2.24, 2.45) is 0 Å². The topological polar surface area (TPSA) is 70.4 Å². The van der Waals surface area contributed by atoms with Crippen LogP contribution in [0.15, 0.2) is 60.8 Å². The molecule has 28 heavy (non-hydrogen) atoms. The molecule has 2 heterocycles. The average Bonchev–Trinajstić information content (AvgIpc) is 3.37. The molecule has 0 unspecified atom stereocenters. The number of hydrogen-bond acceptors (Lipinski definition) is 4. The van der Waals surface area contributed by atoms with Crippen molar-refractivity contribution in [2.45, 2.75) is 25.9 Å². The van der Waals surface area contributed by atoms with Gasteiger partial charge in [0.05, 0.1) is 11.9 Å². The fraction of sp³-hybridized carbons (Fsp3) is 0.273. The van der Waals surface area contributed by atoms with Crippen LogP contribution in [0.3, 0.4) is 0 Å². The van der Waals surface area contributed by atoms with Crippen LogP contribution in [0.2, 0.25) is 0 Å². The van der Waals surface area contributed by atoms with Gasteiger partial charge < -0.3 is 10.4 Å². The Morgan fingerprint density at radius 1 is 1.00 bits per heavy atom. The number of nitrogens with one attached hydrogen (secondary N) is 1. The van der Waals surface area contributed by atoms with E-state index in [0.717, 1.165) is 30.9 Å². The fourth-order valence-electron chi connectivity index (χ4n) is 3.56. The lowest BCUT2D eigenvalue weighted by molar-refractivity contribution is 0.0942. The summed E-state index contributed by atoms with van der Waals surface area (Å²) < 4.78 is 1.51. The van der Waals surface area contributed by atoms with E-state index in [1.54, 1.807) is 0 Å². The average molecular weight is 376 g/mol. The first-order chi connectivity index (χ1) is 13.7. The van der Waals surface area contributed by atoms with Crippen LogP contribution in [0.4, 0.5) is 0 Å². The molecule has 144 valence electrons. The lowest BCUT2D eigenvalue weighted by Crippen LogP contribution is -2.25. The standard InChI is InChI=1S/C22H24N4O2/c27-20-16-26(19-10-2-1-3-11-19)24-21(20)22(28)23-14-17-8-4-5-9-18(17)15-25-12-6-7-13-25/h1-5,8-11,16,27H,6-7,12-15H2,(H,23,28). The van der Waals surface area contributed by atoms with E-state index in [9.17, 15) is 9.90 Å². The third kappa shape index (κ3) is 4.07.